The average molecular weight is 896 g/mol. The number of ether oxygens (including phenoxy) is 1. The lowest BCUT2D eigenvalue weighted by Gasteiger charge is -2.36. The van der Waals surface area contributed by atoms with Crippen molar-refractivity contribution in [1.29, 1.82) is 0 Å². The van der Waals surface area contributed by atoms with Crippen LogP contribution < -0.4 is 58.5 Å². The fraction of sp³-hybridized carbons (Fsp3) is 0.805. The van der Waals surface area contributed by atoms with E-state index in [1.807, 2.05) is 9.80 Å². The topological polar surface area (TPSA) is 285 Å². The number of esters is 1. The molecule has 0 aromatic heterocycles. The Morgan fingerprint density at radius 3 is 1.08 bits per heavy atom. The van der Waals surface area contributed by atoms with Gasteiger partial charge in [-0.3, -0.25) is 43.4 Å². The molecule has 0 spiro atoms. The van der Waals surface area contributed by atoms with Crippen LogP contribution in [0.3, 0.4) is 0 Å². The molecular weight excluding hydrogens is 819 g/mol. The monoisotopic (exact) mass is 896 g/mol. The van der Waals surface area contributed by atoms with E-state index in [1.54, 1.807) is 0 Å². The van der Waals surface area contributed by atoms with Crippen molar-refractivity contribution in [3.63, 3.8) is 0 Å². The molecule has 2 heterocycles. The molecule has 2 atom stereocenters. The van der Waals surface area contributed by atoms with Crippen LogP contribution in [0.15, 0.2) is 0 Å². The van der Waals surface area contributed by atoms with Gasteiger partial charge in [-0.15, -0.1) is 0 Å². The lowest BCUT2D eigenvalue weighted by Crippen LogP contribution is -2.68. The first-order chi connectivity index (χ1) is 29.1. The van der Waals surface area contributed by atoms with Crippen LogP contribution in [0, 0.1) is 0 Å². The molecule has 2 saturated heterocycles. The summed E-state index contributed by atoms with van der Waals surface area (Å²) < 4.78 is 4.80. The van der Waals surface area contributed by atoms with Gasteiger partial charge in [0.15, 0.2) is 0 Å². The quantitative estimate of drug-likeness (QED) is 0.0580. The minimum absolute atomic E-state index is 0.0485. The van der Waals surface area contributed by atoms with Crippen LogP contribution in [0.5, 0.6) is 0 Å². The van der Waals surface area contributed by atoms with Gasteiger partial charge in [0.2, 0.25) is 41.4 Å². The number of amides is 7. The first-order valence-corrected chi connectivity index (χ1v) is 21.7. The Morgan fingerprint density at radius 1 is 0.460 bits per heavy atom. The Kier molecular flexibility index (Phi) is 20.8. The molecule has 0 bridgehead atoms. The van der Waals surface area contributed by atoms with Crippen molar-refractivity contribution >= 4 is 47.3 Å². The van der Waals surface area contributed by atoms with Crippen LogP contribution in [-0.4, -0.2) is 196 Å². The van der Waals surface area contributed by atoms with Crippen LogP contribution in [0.4, 0.5) is 0 Å². The summed E-state index contributed by atoms with van der Waals surface area (Å²) in [5.41, 5.74) is -7.59. The van der Waals surface area contributed by atoms with Crippen LogP contribution in [0.25, 0.3) is 0 Å². The highest BCUT2D eigenvalue weighted by Gasteiger charge is 2.42. The second-order valence-corrected chi connectivity index (χ2v) is 18.8. The average Bonchev–Trinajstić information content (AvgIpc) is 3.39. The first kappa shape index (κ1) is 54.7. The summed E-state index contributed by atoms with van der Waals surface area (Å²) in [6.07, 6.45) is 0. The van der Waals surface area contributed by atoms with Crippen molar-refractivity contribution < 1.29 is 43.1 Å². The van der Waals surface area contributed by atoms with Gasteiger partial charge in [0, 0.05) is 98.6 Å². The highest BCUT2D eigenvalue weighted by atomic mass is 16.5. The van der Waals surface area contributed by atoms with E-state index in [-0.39, 0.29) is 13.1 Å². The lowest BCUT2D eigenvalue weighted by atomic mass is 9.97. The maximum atomic E-state index is 14.1. The van der Waals surface area contributed by atoms with E-state index >= 15 is 0 Å². The van der Waals surface area contributed by atoms with Crippen molar-refractivity contribution in [3.05, 3.63) is 0 Å². The predicted molar refractivity (Wildman–Crippen MR) is 237 cm³/mol. The molecule has 0 aromatic carbocycles. The molecule has 2 fully saturated rings. The molecule has 0 unspecified atom stereocenters. The summed E-state index contributed by atoms with van der Waals surface area (Å²) in [7, 11) is 1.20. The van der Waals surface area contributed by atoms with Crippen molar-refractivity contribution in [2.24, 2.45) is 0 Å². The molecule has 2 aliphatic heterocycles. The number of carbonyl (C=O) groups excluding carboxylic acids is 8. The third kappa shape index (κ3) is 18.3. The molecule has 0 radical (unpaired) electrons. The van der Waals surface area contributed by atoms with E-state index in [9.17, 15) is 38.4 Å². The number of hydrogen-bond acceptors (Lipinski definition) is 15. The first-order valence-electron chi connectivity index (χ1n) is 21.7. The van der Waals surface area contributed by atoms with E-state index < -0.39 is 87.1 Å². The molecule has 0 aliphatic carbocycles. The summed E-state index contributed by atoms with van der Waals surface area (Å²) in [6, 6.07) is -2.36. The third-order valence-corrected chi connectivity index (χ3v) is 10.7. The molecule has 360 valence electrons. The SMILES string of the molecule is COC(=O)C(C)(C)NC(=O)C(C)(C)NC(=O)[C@H](CN1CCNCCNCC1)NC(=O)C(C)(C)NC(=O)C(C)(C)NC(=O)[C@H](CN1CCNCCNCC1)NC(=O)C(C)(C)NC(C)=O. The minimum atomic E-state index is -1.65. The molecule has 0 saturated carbocycles. The smallest absolute Gasteiger partial charge is 0.330 e. The normalized spacial score (nSPS) is 17.8. The number of nitrogens with zero attached hydrogens (tertiary/aromatic N) is 2. The maximum Gasteiger partial charge on any atom is 0.330 e. The molecule has 7 amide bonds. The summed E-state index contributed by atoms with van der Waals surface area (Å²) in [4.78, 5) is 111. The second kappa shape index (κ2) is 24.0. The fourth-order valence-corrected chi connectivity index (χ4v) is 6.62. The molecule has 11 N–H and O–H groups in total. The second-order valence-electron chi connectivity index (χ2n) is 18.8. The van der Waals surface area contributed by atoms with Crippen molar-refractivity contribution in [2.75, 3.05) is 98.7 Å². The molecule has 2 rings (SSSR count). The van der Waals surface area contributed by atoms with Gasteiger partial charge in [0.05, 0.1) is 7.11 Å². The van der Waals surface area contributed by atoms with Crippen molar-refractivity contribution in [3.8, 4) is 0 Å². The zero-order chi connectivity index (χ0) is 47.8. The highest BCUT2D eigenvalue weighted by Crippen LogP contribution is 2.14. The van der Waals surface area contributed by atoms with Gasteiger partial charge in [0.25, 0.3) is 0 Å². The number of methoxy groups -OCH3 is 1. The van der Waals surface area contributed by atoms with Gasteiger partial charge in [-0.05, 0) is 69.2 Å². The largest absolute Gasteiger partial charge is 0.467 e. The van der Waals surface area contributed by atoms with E-state index in [2.05, 4.69) is 58.5 Å². The van der Waals surface area contributed by atoms with E-state index in [4.69, 9.17) is 4.74 Å². The zero-order valence-electron chi connectivity index (χ0n) is 39.6. The van der Waals surface area contributed by atoms with Gasteiger partial charge < -0.3 is 63.2 Å². The number of hydrogen-bond donors (Lipinski definition) is 11. The molecule has 0 aromatic rings. The summed E-state index contributed by atoms with van der Waals surface area (Å²) in [6.45, 7) is 24.0. The molecule has 22 heteroatoms. The summed E-state index contributed by atoms with van der Waals surface area (Å²) >= 11 is 0. The third-order valence-electron chi connectivity index (χ3n) is 10.7. The highest BCUT2D eigenvalue weighted by molar-refractivity contribution is 6.00. The van der Waals surface area contributed by atoms with Gasteiger partial charge in [-0.2, -0.15) is 0 Å². The number of carbonyl (C=O) groups is 8. The minimum Gasteiger partial charge on any atom is -0.467 e. The van der Waals surface area contributed by atoms with E-state index in [0.717, 1.165) is 26.2 Å². The van der Waals surface area contributed by atoms with E-state index in [0.29, 0.717) is 52.4 Å². The maximum absolute atomic E-state index is 14.1. The molecule has 22 nitrogen and oxygen atoms in total. The van der Waals surface area contributed by atoms with E-state index in [1.165, 1.54) is 83.3 Å². The van der Waals surface area contributed by atoms with Crippen LogP contribution >= 0.6 is 0 Å². The molecule has 2 aliphatic rings. The van der Waals surface area contributed by atoms with Crippen LogP contribution in [-0.2, 0) is 43.1 Å². The Hall–Kier alpha value is -4.48. The number of nitrogens with one attached hydrogen (secondary N) is 11. The van der Waals surface area contributed by atoms with Crippen molar-refractivity contribution in [1.82, 2.24) is 68.3 Å². The summed E-state index contributed by atoms with van der Waals surface area (Å²) in [5.74, 6) is -5.22. The number of rotatable bonds is 18. The van der Waals surface area contributed by atoms with Crippen LogP contribution in [0.2, 0.25) is 0 Å². The molecule has 63 heavy (non-hydrogen) atoms. The van der Waals surface area contributed by atoms with Crippen LogP contribution in [0.1, 0.15) is 76.2 Å². The standard InChI is InChI=1S/C41H77N13O9/c1-27(55)48-37(2,3)32(58)46-28(25-53-21-17-42-13-14-43-18-22-53)30(56)49-39(6,7)34(60)51-38(4,5)33(59)47-29(26-54-23-19-44-15-16-45-20-24-54)31(57)50-40(8,9)35(61)52-41(10,11)36(62)63-12/h28-29,42-45H,13-26H2,1-12H3,(H,46,58)(H,47,59)(H,48,55)(H,49,56)(H,50,57)(H,51,60)(H,52,61)/t28-,29-/m0/s1. The van der Waals surface area contributed by atoms with Gasteiger partial charge >= 0.3 is 5.97 Å². The summed E-state index contributed by atoms with van der Waals surface area (Å²) in [5, 5.41) is 32.2. The Balaban J connectivity index is 2.33. The fourth-order valence-electron chi connectivity index (χ4n) is 6.62. The van der Waals surface area contributed by atoms with Gasteiger partial charge in [-0.25, -0.2) is 4.79 Å². The predicted octanol–water partition coefficient (Wildman–Crippen LogP) is -4.39. The Labute approximate surface area is 372 Å². The lowest BCUT2D eigenvalue weighted by molar-refractivity contribution is -0.150. The van der Waals surface area contributed by atoms with Crippen molar-refractivity contribution in [2.45, 2.75) is 116 Å². The van der Waals surface area contributed by atoms with Gasteiger partial charge in [0.1, 0.15) is 39.8 Å². The van der Waals surface area contributed by atoms with Gasteiger partial charge in [-0.1, -0.05) is 0 Å². The Bertz CT molecular complexity index is 1600. The molecular formula is C41H77N13O9. The zero-order valence-corrected chi connectivity index (χ0v) is 39.6. The Morgan fingerprint density at radius 2 is 0.762 bits per heavy atom.